The molecule has 0 fully saturated rings. The normalized spacial score (nSPS) is 14.6. The predicted molar refractivity (Wildman–Crippen MR) is 110 cm³/mol. The number of aromatic amines is 2. The van der Waals surface area contributed by atoms with Crippen LogP contribution in [0.4, 0.5) is 0 Å². The standard InChI is InChI=1S/C21H26N6O3/c1-11(2)13(4)22-20(28)19-14-7-8-27(10-17(14)25-26-19)21(29)16-9-15(23-24-16)18-6-5-12(3)30-18/h5-6,9,11,13H,7-8,10H2,1-4H3,(H,22,28)(H,23,24)(H,25,26). The van der Waals surface area contributed by atoms with Gasteiger partial charge in [0, 0.05) is 24.2 Å². The first-order valence-electron chi connectivity index (χ1n) is 10.1. The van der Waals surface area contributed by atoms with Crippen LogP contribution in [0.25, 0.3) is 11.5 Å². The van der Waals surface area contributed by atoms with E-state index in [1.165, 1.54) is 0 Å². The number of aryl methyl sites for hydroxylation is 1. The smallest absolute Gasteiger partial charge is 0.274 e. The fourth-order valence-electron chi connectivity index (χ4n) is 3.42. The van der Waals surface area contributed by atoms with Crippen LogP contribution in [0.3, 0.4) is 0 Å². The van der Waals surface area contributed by atoms with E-state index in [0.717, 1.165) is 17.0 Å². The maximum atomic E-state index is 12.9. The summed E-state index contributed by atoms with van der Waals surface area (Å²) in [5, 5.41) is 17.1. The summed E-state index contributed by atoms with van der Waals surface area (Å²) >= 11 is 0. The van der Waals surface area contributed by atoms with Gasteiger partial charge >= 0.3 is 0 Å². The van der Waals surface area contributed by atoms with Crippen LogP contribution in [-0.2, 0) is 13.0 Å². The van der Waals surface area contributed by atoms with E-state index in [-0.39, 0.29) is 17.9 Å². The summed E-state index contributed by atoms with van der Waals surface area (Å²) in [6.07, 6.45) is 0.561. The number of hydrogen-bond donors (Lipinski definition) is 3. The predicted octanol–water partition coefficient (Wildman–Crippen LogP) is 2.67. The van der Waals surface area contributed by atoms with Gasteiger partial charge in [0.15, 0.2) is 17.1 Å². The zero-order chi connectivity index (χ0) is 21.4. The molecule has 0 saturated heterocycles. The molecule has 30 heavy (non-hydrogen) atoms. The Hall–Kier alpha value is -3.36. The molecule has 0 radical (unpaired) electrons. The number of nitrogens with one attached hydrogen (secondary N) is 3. The van der Waals surface area contributed by atoms with E-state index in [0.29, 0.717) is 48.3 Å². The van der Waals surface area contributed by atoms with Crippen molar-refractivity contribution in [1.29, 1.82) is 0 Å². The Morgan fingerprint density at radius 3 is 2.70 bits per heavy atom. The number of carbonyl (C=O) groups is 2. The Kier molecular flexibility index (Phi) is 5.19. The lowest BCUT2D eigenvalue weighted by Gasteiger charge is -2.26. The number of aromatic nitrogens is 4. The highest BCUT2D eigenvalue weighted by molar-refractivity contribution is 5.95. The second kappa shape index (κ2) is 7.81. The number of amides is 2. The van der Waals surface area contributed by atoms with Crippen molar-refractivity contribution in [2.75, 3.05) is 6.54 Å². The zero-order valence-electron chi connectivity index (χ0n) is 17.6. The highest BCUT2D eigenvalue weighted by atomic mass is 16.3. The van der Waals surface area contributed by atoms with Gasteiger partial charge in [-0.15, -0.1) is 0 Å². The largest absolute Gasteiger partial charge is 0.460 e. The van der Waals surface area contributed by atoms with Crippen LogP contribution in [0.2, 0.25) is 0 Å². The second-order valence-corrected chi connectivity index (χ2v) is 8.09. The molecule has 9 heteroatoms. The third-order valence-corrected chi connectivity index (χ3v) is 5.60. The number of nitrogens with zero attached hydrogens (tertiary/aromatic N) is 3. The first-order chi connectivity index (χ1) is 14.3. The van der Waals surface area contributed by atoms with Crippen LogP contribution in [0.1, 0.15) is 58.8 Å². The maximum Gasteiger partial charge on any atom is 0.274 e. The minimum absolute atomic E-state index is 0.0540. The van der Waals surface area contributed by atoms with Gasteiger partial charge in [-0.3, -0.25) is 19.8 Å². The number of furan rings is 1. The number of hydrogen-bond acceptors (Lipinski definition) is 5. The van der Waals surface area contributed by atoms with Gasteiger partial charge in [0.25, 0.3) is 11.8 Å². The Morgan fingerprint density at radius 1 is 1.20 bits per heavy atom. The molecule has 0 bridgehead atoms. The van der Waals surface area contributed by atoms with E-state index in [4.69, 9.17) is 4.42 Å². The van der Waals surface area contributed by atoms with Gasteiger partial charge in [-0.05, 0) is 38.3 Å². The van der Waals surface area contributed by atoms with E-state index in [1.807, 2.05) is 26.0 Å². The maximum absolute atomic E-state index is 12.9. The molecule has 158 valence electrons. The molecule has 3 aromatic heterocycles. The summed E-state index contributed by atoms with van der Waals surface area (Å²) in [4.78, 5) is 27.2. The fourth-order valence-corrected chi connectivity index (χ4v) is 3.42. The summed E-state index contributed by atoms with van der Waals surface area (Å²) in [5.41, 5.74) is 3.06. The number of H-pyrrole nitrogens is 2. The molecule has 0 aliphatic carbocycles. The molecule has 2 amide bonds. The van der Waals surface area contributed by atoms with Gasteiger partial charge in [0.05, 0.1) is 12.2 Å². The van der Waals surface area contributed by atoms with Gasteiger partial charge in [-0.25, -0.2) is 0 Å². The minimum atomic E-state index is -0.181. The van der Waals surface area contributed by atoms with Crippen LogP contribution >= 0.6 is 0 Å². The Labute approximate surface area is 174 Å². The monoisotopic (exact) mass is 410 g/mol. The molecule has 1 unspecified atom stereocenters. The third kappa shape index (κ3) is 3.74. The van der Waals surface area contributed by atoms with Crippen molar-refractivity contribution in [3.63, 3.8) is 0 Å². The highest BCUT2D eigenvalue weighted by Crippen LogP contribution is 2.24. The van der Waals surface area contributed by atoms with Crippen molar-refractivity contribution in [2.45, 2.75) is 46.7 Å². The summed E-state index contributed by atoms with van der Waals surface area (Å²) in [6, 6.07) is 5.44. The molecule has 3 aromatic rings. The quantitative estimate of drug-likeness (QED) is 0.597. The molecule has 0 saturated carbocycles. The average Bonchev–Trinajstić information content (AvgIpc) is 3.45. The Bertz CT molecular complexity index is 1080. The minimum Gasteiger partial charge on any atom is -0.460 e. The fraction of sp³-hybridized carbons (Fsp3) is 0.429. The van der Waals surface area contributed by atoms with E-state index in [9.17, 15) is 9.59 Å². The molecule has 4 heterocycles. The van der Waals surface area contributed by atoms with Crippen molar-refractivity contribution in [3.8, 4) is 11.5 Å². The molecule has 1 atom stereocenters. The summed E-state index contributed by atoms with van der Waals surface area (Å²) in [7, 11) is 0. The van der Waals surface area contributed by atoms with Gasteiger partial charge in [0.1, 0.15) is 11.5 Å². The van der Waals surface area contributed by atoms with Gasteiger partial charge in [-0.2, -0.15) is 10.2 Å². The first-order valence-corrected chi connectivity index (χ1v) is 10.1. The summed E-state index contributed by atoms with van der Waals surface area (Å²) in [6.45, 7) is 8.80. The number of carbonyl (C=O) groups excluding carboxylic acids is 2. The van der Waals surface area contributed by atoms with E-state index in [2.05, 4.69) is 39.6 Å². The second-order valence-electron chi connectivity index (χ2n) is 8.09. The molecule has 0 aromatic carbocycles. The molecule has 1 aliphatic rings. The van der Waals surface area contributed by atoms with Crippen molar-refractivity contribution in [2.24, 2.45) is 5.92 Å². The molecule has 1 aliphatic heterocycles. The van der Waals surface area contributed by atoms with E-state index < -0.39 is 0 Å². The van der Waals surface area contributed by atoms with Crippen molar-refractivity contribution in [1.82, 2.24) is 30.6 Å². The molecular weight excluding hydrogens is 384 g/mol. The molecule has 3 N–H and O–H groups in total. The summed E-state index contributed by atoms with van der Waals surface area (Å²) in [5.74, 6) is 1.40. The third-order valence-electron chi connectivity index (χ3n) is 5.60. The first kappa shape index (κ1) is 19.9. The highest BCUT2D eigenvalue weighted by Gasteiger charge is 2.29. The topological polar surface area (TPSA) is 120 Å². The van der Waals surface area contributed by atoms with Gasteiger partial charge in [0.2, 0.25) is 0 Å². The number of rotatable bonds is 5. The van der Waals surface area contributed by atoms with E-state index in [1.54, 1.807) is 11.0 Å². The number of fused-ring (bicyclic) bond motifs is 1. The molecule has 0 spiro atoms. The van der Waals surface area contributed by atoms with Crippen LogP contribution in [0.15, 0.2) is 22.6 Å². The molecule has 9 nitrogen and oxygen atoms in total. The lowest BCUT2D eigenvalue weighted by atomic mass is 10.0. The van der Waals surface area contributed by atoms with Crippen molar-refractivity contribution < 1.29 is 14.0 Å². The van der Waals surface area contributed by atoms with Crippen molar-refractivity contribution >= 4 is 11.8 Å². The lowest BCUT2D eigenvalue weighted by molar-refractivity contribution is 0.0726. The van der Waals surface area contributed by atoms with Gasteiger partial charge < -0.3 is 14.6 Å². The van der Waals surface area contributed by atoms with Gasteiger partial charge in [-0.1, -0.05) is 13.8 Å². The van der Waals surface area contributed by atoms with Crippen LogP contribution < -0.4 is 5.32 Å². The zero-order valence-corrected chi connectivity index (χ0v) is 17.6. The Morgan fingerprint density at radius 2 is 2.00 bits per heavy atom. The average molecular weight is 410 g/mol. The van der Waals surface area contributed by atoms with Crippen LogP contribution in [0.5, 0.6) is 0 Å². The van der Waals surface area contributed by atoms with Crippen LogP contribution in [0, 0.1) is 12.8 Å². The van der Waals surface area contributed by atoms with E-state index >= 15 is 0 Å². The van der Waals surface area contributed by atoms with Crippen LogP contribution in [-0.4, -0.2) is 49.7 Å². The lowest BCUT2D eigenvalue weighted by Crippen LogP contribution is -2.38. The molecular formula is C21H26N6O3. The summed E-state index contributed by atoms with van der Waals surface area (Å²) < 4.78 is 5.57. The molecule has 4 rings (SSSR count). The van der Waals surface area contributed by atoms with Crippen molar-refractivity contribution in [3.05, 3.63) is 46.6 Å². The SMILES string of the molecule is Cc1ccc(-c2cc(C(=O)N3CCc4c(C(=O)NC(C)C(C)C)n[nH]c4C3)n[nH]2)o1. The Balaban J connectivity index is 1.46.